The molecule has 2 aromatic carbocycles. The van der Waals surface area contributed by atoms with Crippen molar-refractivity contribution < 1.29 is 14.3 Å². The van der Waals surface area contributed by atoms with Gasteiger partial charge in [-0.2, -0.15) is 5.26 Å². The molecule has 2 rings (SSSR count). The fraction of sp³-hybridized carbons (Fsp3) is 0.167. The summed E-state index contributed by atoms with van der Waals surface area (Å²) in [6.45, 7) is 0. The molecule has 0 aliphatic carbocycles. The highest BCUT2D eigenvalue weighted by atomic mass is 32.2. The molecule has 0 bridgehead atoms. The zero-order valence-electron chi connectivity index (χ0n) is 14.1. The normalized spacial score (nSPS) is 10.7. The van der Waals surface area contributed by atoms with E-state index in [4.69, 9.17) is 14.7 Å². The van der Waals surface area contributed by atoms with E-state index >= 15 is 0 Å². The number of rotatable bonds is 5. The summed E-state index contributed by atoms with van der Waals surface area (Å²) >= 11 is 1.31. The zero-order chi connectivity index (χ0) is 18.2. The highest BCUT2D eigenvalue weighted by molar-refractivity contribution is 8.13. The monoisotopic (exact) mass is 355 g/mol. The third-order valence-corrected chi connectivity index (χ3v) is 3.92. The zero-order valence-corrected chi connectivity index (χ0v) is 14.9. The van der Waals surface area contributed by atoms with Gasteiger partial charge in [-0.3, -0.25) is 10.1 Å². The van der Waals surface area contributed by atoms with Gasteiger partial charge in [0, 0.05) is 11.1 Å². The molecule has 2 aromatic rings. The van der Waals surface area contributed by atoms with E-state index in [1.54, 1.807) is 49.6 Å². The Hall–Kier alpha value is -2.98. The van der Waals surface area contributed by atoms with Crippen LogP contribution in [0, 0.1) is 11.5 Å². The number of carbonyl (C=O) groups excluding carboxylic acids is 1. The number of carbonyl (C=O) groups is 1. The minimum atomic E-state index is -0.156. The van der Waals surface area contributed by atoms with Crippen LogP contribution in [0.4, 0.5) is 5.69 Å². The van der Waals surface area contributed by atoms with Crippen LogP contribution in [-0.2, 0) is 0 Å². The van der Waals surface area contributed by atoms with Gasteiger partial charge in [0.2, 0.25) is 0 Å². The van der Waals surface area contributed by atoms with Gasteiger partial charge >= 0.3 is 0 Å². The average molecular weight is 355 g/mol. The number of hydrogen-bond acceptors (Lipinski definition) is 6. The van der Waals surface area contributed by atoms with E-state index in [1.807, 2.05) is 12.4 Å². The predicted molar refractivity (Wildman–Crippen MR) is 98.8 cm³/mol. The molecule has 0 aromatic heterocycles. The summed E-state index contributed by atoms with van der Waals surface area (Å²) in [6.07, 6.45) is 3.64. The Kier molecular flexibility index (Phi) is 6.43. The van der Waals surface area contributed by atoms with Crippen molar-refractivity contribution in [2.45, 2.75) is 0 Å². The molecule has 128 valence electrons. The number of benzene rings is 2. The highest BCUT2D eigenvalue weighted by Crippen LogP contribution is 2.29. The molecule has 0 radical (unpaired) electrons. The van der Waals surface area contributed by atoms with Crippen molar-refractivity contribution in [3.63, 3.8) is 0 Å². The lowest BCUT2D eigenvalue weighted by atomic mass is 10.0. The first kappa shape index (κ1) is 18.4. The van der Waals surface area contributed by atoms with Crippen LogP contribution in [0.3, 0.4) is 0 Å². The molecule has 0 unspecified atom stereocenters. The maximum absolute atomic E-state index is 12.7. The van der Waals surface area contributed by atoms with Crippen LogP contribution >= 0.6 is 11.8 Å². The summed E-state index contributed by atoms with van der Waals surface area (Å²) in [5.74, 6) is 0.895. The lowest BCUT2D eigenvalue weighted by Crippen LogP contribution is -2.12. The Labute approximate surface area is 150 Å². The molecule has 7 heteroatoms. The number of hydrogen-bond donors (Lipinski definition) is 1. The lowest BCUT2D eigenvalue weighted by molar-refractivity contribution is 0.103. The summed E-state index contributed by atoms with van der Waals surface area (Å²) in [4.78, 5) is 17.0. The van der Waals surface area contributed by atoms with Gasteiger partial charge in [0.1, 0.15) is 0 Å². The average Bonchev–Trinajstić information content (AvgIpc) is 2.66. The number of nitrogens with one attached hydrogen (secondary N) is 1. The first-order valence-electron chi connectivity index (χ1n) is 7.27. The Balaban J connectivity index is 2.35. The number of methoxy groups -OCH3 is 2. The van der Waals surface area contributed by atoms with Gasteiger partial charge in [0.15, 0.2) is 28.6 Å². The van der Waals surface area contributed by atoms with Gasteiger partial charge in [-0.25, -0.2) is 4.99 Å². The van der Waals surface area contributed by atoms with E-state index in [0.29, 0.717) is 33.5 Å². The van der Waals surface area contributed by atoms with Gasteiger partial charge < -0.3 is 9.47 Å². The van der Waals surface area contributed by atoms with Crippen LogP contribution in [0.5, 0.6) is 11.5 Å². The minimum absolute atomic E-state index is 0.156. The van der Waals surface area contributed by atoms with Crippen molar-refractivity contribution in [1.29, 1.82) is 5.26 Å². The molecule has 25 heavy (non-hydrogen) atoms. The van der Waals surface area contributed by atoms with Gasteiger partial charge in [0.25, 0.3) is 0 Å². The summed E-state index contributed by atoms with van der Waals surface area (Å²) in [5, 5.41) is 11.6. The largest absolute Gasteiger partial charge is 0.493 e. The van der Waals surface area contributed by atoms with Crippen molar-refractivity contribution in [2.24, 2.45) is 4.99 Å². The van der Waals surface area contributed by atoms with Gasteiger partial charge in [-0.1, -0.05) is 23.9 Å². The topological polar surface area (TPSA) is 83.7 Å². The van der Waals surface area contributed by atoms with E-state index in [9.17, 15) is 4.79 Å². The molecule has 0 spiro atoms. The van der Waals surface area contributed by atoms with Crippen molar-refractivity contribution in [1.82, 2.24) is 5.32 Å². The van der Waals surface area contributed by atoms with Crippen LogP contribution < -0.4 is 14.8 Å². The van der Waals surface area contributed by atoms with Crippen molar-refractivity contribution in [3.05, 3.63) is 53.6 Å². The number of ether oxygens (including phenoxy) is 2. The second-order valence-corrected chi connectivity index (χ2v) is 5.60. The smallest absolute Gasteiger partial charge is 0.193 e. The molecule has 0 saturated carbocycles. The van der Waals surface area contributed by atoms with E-state index in [1.165, 1.54) is 18.9 Å². The van der Waals surface area contributed by atoms with E-state index < -0.39 is 0 Å². The molecule has 0 heterocycles. The quantitative estimate of drug-likeness (QED) is 0.291. The molecule has 1 N–H and O–H groups in total. The van der Waals surface area contributed by atoms with E-state index in [0.717, 1.165) is 0 Å². The summed E-state index contributed by atoms with van der Waals surface area (Å²) in [6, 6.07) is 11.9. The molecule has 0 saturated heterocycles. The lowest BCUT2D eigenvalue weighted by Gasteiger charge is -2.09. The molecule has 0 atom stereocenters. The fourth-order valence-electron chi connectivity index (χ4n) is 2.15. The third-order valence-electron chi connectivity index (χ3n) is 3.34. The number of thioether (sulfide) groups is 1. The SMILES string of the molecule is COc1ccc(C(=O)c2cccc(N=C(NC#N)SC)c2)cc1OC. The first-order chi connectivity index (χ1) is 12.1. The van der Waals surface area contributed by atoms with Gasteiger partial charge in [0.05, 0.1) is 19.9 Å². The van der Waals surface area contributed by atoms with E-state index in [-0.39, 0.29) is 5.78 Å². The first-order valence-corrected chi connectivity index (χ1v) is 8.50. The van der Waals surface area contributed by atoms with E-state index in [2.05, 4.69) is 10.3 Å². The van der Waals surface area contributed by atoms with Gasteiger partial charge in [-0.05, 0) is 36.6 Å². The van der Waals surface area contributed by atoms with Crippen LogP contribution in [0.2, 0.25) is 0 Å². The molecule has 0 aliphatic rings. The maximum Gasteiger partial charge on any atom is 0.193 e. The van der Waals surface area contributed by atoms with Crippen LogP contribution in [-0.4, -0.2) is 31.4 Å². The van der Waals surface area contributed by atoms with Crippen LogP contribution in [0.1, 0.15) is 15.9 Å². The number of nitriles is 1. The molecule has 0 amide bonds. The van der Waals surface area contributed by atoms with Crippen molar-refractivity contribution in [3.8, 4) is 17.7 Å². The van der Waals surface area contributed by atoms with Crippen LogP contribution in [0.25, 0.3) is 0 Å². The van der Waals surface area contributed by atoms with Crippen molar-refractivity contribution >= 4 is 28.4 Å². The predicted octanol–water partition coefficient (Wildman–Crippen LogP) is 3.36. The second kappa shape index (κ2) is 8.76. The molecule has 6 nitrogen and oxygen atoms in total. The highest BCUT2D eigenvalue weighted by Gasteiger charge is 2.13. The Morgan fingerprint density at radius 2 is 1.84 bits per heavy atom. The fourth-order valence-corrected chi connectivity index (χ4v) is 2.49. The van der Waals surface area contributed by atoms with Gasteiger partial charge in [-0.15, -0.1) is 0 Å². The van der Waals surface area contributed by atoms with Crippen LogP contribution in [0.15, 0.2) is 47.5 Å². The van der Waals surface area contributed by atoms with Crippen molar-refractivity contribution in [2.75, 3.05) is 20.5 Å². The number of ketones is 1. The maximum atomic E-state index is 12.7. The summed E-state index contributed by atoms with van der Waals surface area (Å²) in [5.41, 5.74) is 1.56. The standard InChI is InChI=1S/C18H17N3O3S/c1-23-15-8-7-13(10-16(15)24-2)17(22)12-5-4-6-14(9-12)21-18(25-3)20-11-19/h4-10H,1-3H3,(H,20,21). The molecular weight excluding hydrogens is 338 g/mol. The molecule has 0 aliphatic heterocycles. The Morgan fingerprint density at radius 1 is 1.12 bits per heavy atom. The molecular formula is C18H17N3O3S. The third kappa shape index (κ3) is 4.52. The minimum Gasteiger partial charge on any atom is -0.493 e. The number of aliphatic imine (C=N–C) groups is 1. The Morgan fingerprint density at radius 3 is 2.48 bits per heavy atom. The summed E-state index contributed by atoms with van der Waals surface area (Å²) in [7, 11) is 3.06. The molecule has 0 fully saturated rings. The second-order valence-electron chi connectivity index (χ2n) is 4.81. The Bertz CT molecular complexity index is 844. The number of nitrogens with zero attached hydrogens (tertiary/aromatic N) is 2. The summed E-state index contributed by atoms with van der Waals surface area (Å²) < 4.78 is 10.4. The number of amidine groups is 1.